The molecule has 0 amide bonds. The quantitative estimate of drug-likeness (QED) is 0.286. The van der Waals surface area contributed by atoms with Crippen molar-refractivity contribution in [3.63, 3.8) is 0 Å². The van der Waals surface area contributed by atoms with Gasteiger partial charge in [0.15, 0.2) is 0 Å². The van der Waals surface area contributed by atoms with Crippen molar-refractivity contribution in [3.8, 4) is 0 Å². The second kappa shape index (κ2) is 8.61. The second-order valence-corrected chi connectivity index (χ2v) is 16.2. The summed E-state index contributed by atoms with van der Waals surface area (Å²) in [6.07, 6.45) is 16.3. The van der Waals surface area contributed by atoms with Crippen LogP contribution in [0, 0.1) is 62.6 Å². The summed E-state index contributed by atoms with van der Waals surface area (Å²) in [5.74, 6) is 4.20. The summed E-state index contributed by atoms with van der Waals surface area (Å²) >= 11 is 0. The van der Waals surface area contributed by atoms with E-state index < -0.39 is 0 Å². The minimum absolute atomic E-state index is 0.0129. The first-order chi connectivity index (χ1) is 16.7. The highest BCUT2D eigenvalue weighted by molar-refractivity contribution is 5.69. The molecule has 10 atom stereocenters. The molecule has 5 aliphatic rings. The van der Waals surface area contributed by atoms with Crippen LogP contribution in [0.5, 0.6) is 0 Å². The summed E-state index contributed by atoms with van der Waals surface area (Å²) in [5.41, 5.74) is 1.77. The van der Waals surface area contributed by atoms with Gasteiger partial charge in [0.25, 0.3) is 0 Å². The third kappa shape index (κ3) is 3.57. The van der Waals surface area contributed by atoms with Gasteiger partial charge in [-0.2, -0.15) is 0 Å². The average Bonchev–Trinajstić information content (AvgIpc) is 3.12. The molecule has 204 valence electrons. The lowest BCUT2D eigenvalue weighted by Crippen LogP contribution is -2.66. The molecule has 36 heavy (non-hydrogen) atoms. The Hall–Kier alpha value is -0.790. The largest absolute Gasteiger partial charge is 0.462 e. The fourth-order valence-electron chi connectivity index (χ4n) is 12.0. The molecule has 5 rings (SSSR count). The topological polar surface area (TPSA) is 26.3 Å². The second-order valence-electron chi connectivity index (χ2n) is 16.2. The smallest absolute Gasteiger partial charge is 0.306 e. The molecule has 0 radical (unpaired) electrons. The standard InChI is InChI=1S/C34H56O2/c1-10-23-13-16-31(6)19-20-33(8)24(29(23)31)11-12-26-32(7)17-15-27(36-28(35)21-22(2)3)30(4,5)25(32)14-18-34(26,33)9/h10,22-27,29H,1,11-21H2,2-9H3/t23-,24-,25+,26-,27+,29-,31-,32+,33-,34-/m1/s1. The molecule has 0 aromatic rings. The van der Waals surface area contributed by atoms with Crippen LogP contribution in [0.1, 0.15) is 126 Å². The molecule has 0 aromatic carbocycles. The summed E-state index contributed by atoms with van der Waals surface area (Å²) in [5, 5.41) is 0. The van der Waals surface area contributed by atoms with Gasteiger partial charge in [-0.05, 0) is 121 Å². The van der Waals surface area contributed by atoms with Gasteiger partial charge in [-0.15, -0.1) is 6.58 Å². The van der Waals surface area contributed by atoms with Crippen LogP contribution >= 0.6 is 0 Å². The highest BCUT2D eigenvalue weighted by Gasteiger charge is 2.70. The van der Waals surface area contributed by atoms with Gasteiger partial charge in [-0.25, -0.2) is 0 Å². The van der Waals surface area contributed by atoms with E-state index in [2.05, 4.69) is 68.0 Å². The first-order valence-corrected chi connectivity index (χ1v) is 15.5. The van der Waals surface area contributed by atoms with E-state index in [0.29, 0.717) is 39.9 Å². The van der Waals surface area contributed by atoms with Crippen LogP contribution in [0.3, 0.4) is 0 Å². The molecule has 5 fully saturated rings. The van der Waals surface area contributed by atoms with Gasteiger partial charge >= 0.3 is 5.97 Å². The van der Waals surface area contributed by atoms with Crippen molar-refractivity contribution in [2.24, 2.45) is 62.6 Å². The Morgan fingerprint density at radius 2 is 1.58 bits per heavy atom. The zero-order chi connectivity index (χ0) is 26.3. The van der Waals surface area contributed by atoms with Gasteiger partial charge < -0.3 is 4.74 Å². The number of hydrogen-bond donors (Lipinski definition) is 0. The molecule has 2 nitrogen and oxygen atoms in total. The van der Waals surface area contributed by atoms with E-state index in [-0.39, 0.29) is 17.5 Å². The van der Waals surface area contributed by atoms with Gasteiger partial charge in [0, 0.05) is 11.8 Å². The molecule has 0 spiro atoms. The molecular formula is C34H56O2. The maximum absolute atomic E-state index is 12.7. The SMILES string of the molecule is C=C[C@@H]1CC[C@]2(C)CC[C@]3(C)[C@H](CC[C@@H]4[C@@]5(C)CC[C@H](OC(=O)CC(C)C)C(C)(C)[C@@H]5CC[C@]43C)[C@@H]12. The van der Waals surface area contributed by atoms with Gasteiger partial charge in [-0.3, -0.25) is 4.79 Å². The number of allylic oxidation sites excluding steroid dienone is 1. The van der Waals surface area contributed by atoms with Crippen LogP contribution in [0.4, 0.5) is 0 Å². The van der Waals surface area contributed by atoms with Gasteiger partial charge in [0.1, 0.15) is 6.10 Å². The summed E-state index contributed by atoms with van der Waals surface area (Å²) < 4.78 is 6.21. The van der Waals surface area contributed by atoms with Crippen molar-refractivity contribution < 1.29 is 9.53 Å². The number of carbonyl (C=O) groups excluding carboxylic acids is 1. The van der Waals surface area contributed by atoms with E-state index in [1.165, 1.54) is 57.8 Å². The molecule has 0 bridgehead atoms. The maximum Gasteiger partial charge on any atom is 0.306 e. The predicted molar refractivity (Wildman–Crippen MR) is 149 cm³/mol. The van der Waals surface area contributed by atoms with Crippen molar-refractivity contribution in [3.05, 3.63) is 12.7 Å². The van der Waals surface area contributed by atoms with E-state index in [1.807, 2.05) is 0 Å². The average molecular weight is 497 g/mol. The fraction of sp³-hybridized carbons (Fsp3) is 0.912. The molecule has 5 aliphatic carbocycles. The van der Waals surface area contributed by atoms with Crippen molar-refractivity contribution in [2.75, 3.05) is 0 Å². The Morgan fingerprint density at radius 1 is 0.861 bits per heavy atom. The Balaban J connectivity index is 1.43. The van der Waals surface area contributed by atoms with Crippen LogP contribution in [-0.4, -0.2) is 12.1 Å². The highest BCUT2D eigenvalue weighted by atomic mass is 16.5. The van der Waals surface area contributed by atoms with Crippen LogP contribution in [-0.2, 0) is 9.53 Å². The number of rotatable bonds is 4. The summed E-state index contributed by atoms with van der Waals surface area (Å²) in [6.45, 7) is 24.1. The highest BCUT2D eigenvalue weighted by Crippen LogP contribution is 2.77. The first kappa shape index (κ1) is 26.8. The zero-order valence-corrected chi connectivity index (χ0v) is 24.9. The van der Waals surface area contributed by atoms with Crippen molar-refractivity contribution in [2.45, 2.75) is 132 Å². The Labute approximate surface area is 222 Å². The summed E-state index contributed by atoms with van der Waals surface area (Å²) in [6, 6.07) is 0. The summed E-state index contributed by atoms with van der Waals surface area (Å²) in [7, 11) is 0. The number of esters is 1. The lowest BCUT2D eigenvalue weighted by atomic mass is 9.32. The van der Waals surface area contributed by atoms with E-state index in [1.54, 1.807) is 0 Å². The lowest BCUT2D eigenvalue weighted by Gasteiger charge is -2.73. The van der Waals surface area contributed by atoms with Crippen molar-refractivity contribution in [1.29, 1.82) is 0 Å². The maximum atomic E-state index is 12.7. The molecule has 0 saturated heterocycles. The van der Waals surface area contributed by atoms with E-state index in [4.69, 9.17) is 4.74 Å². The van der Waals surface area contributed by atoms with Gasteiger partial charge in [-0.1, -0.05) is 61.5 Å². The molecule has 0 heterocycles. The molecule has 0 aromatic heterocycles. The van der Waals surface area contributed by atoms with Crippen LogP contribution in [0.15, 0.2) is 12.7 Å². The third-order valence-corrected chi connectivity index (χ3v) is 14.0. The van der Waals surface area contributed by atoms with Crippen molar-refractivity contribution in [1.82, 2.24) is 0 Å². The van der Waals surface area contributed by atoms with Gasteiger partial charge in [0.05, 0.1) is 0 Å². The minimum atomic E-state index is 0.0129. The number of fused-ring (bicyclic) bond motifs is 7. The third-order valence-electron chi connectivity index (χ3n) is 14.0. The lowest BCUT2D eigenvalue weighted by molar-refractivity contribution is -0.249. The molecule has 0 N–H and O–H groups in total. The Morgan fingerprint density at radius 3 is 2.25 bits per heavy atom. The first-order valence-electron chi connectivity index (χ1n) is 15.5. The predicted octanol–water partition coefficient (Wildman–Crippen LogP) is 9.23. The van der Waals surface area contributed by atoms with E-state index in [0.717, 1.165) is 30.1 Å². The van der Waals surface area contributed by atoms with Crippen molar-refractivity contribution >= 4 is 5.97 Å². The van der Waals surface area contributed by atoms with Crippen LogP contribution in [0.2, 0.25) is 0 Å². The molecular weight excluding hydrogens is 440 g/mol. The molecule has 5 saturated carbocycles. The van der Waals surface area contributed by atoms with E-state index in [9.17, 15) is 4.79 Å². The van der Waals surface area contributed by atoms with Crippen LogP contribution < -0.4 is 0 Å². The fourth-order valence-corrected chi connectivity index (χ4v) is 12.0. The number of carbonyl (C=O) groups is 1. The monoisotopic (exact) mass is 496 g/mol. The van der Waals surface area contributed by atoms with Gasteiger partial charge in [0.2, 0.25) is 0 Å². The number of ether oxygens (including phenoxy) is 1. The normalized spacial score (nSPS) is 51.5. The molecule has 0 aliphatic heterocycles. The molecule has 0 unspecified atom stereocenters. The van der Waals surface area contributed by atoms with E-state index >= 15 is 0 Å². The molecule has 2 heteroatoms. The Bertz CT molecular complexity index is 888. The Kier molecular flexibility index (Phi) is 6.41. The number of hydrogen-bond acceptors (Lipinski definition) is 2. The zero-order valence-electron chi connectivity index (χ0n) is 24.9. The van der Waals surface area contributed by atoms with Crippen LogP contribution in [0.25, 0.3) is 0 Å². The minimum Gasteiger partial charge on any atom is -0.462 e. The summed E-state index contributed by atoms with van der Waals surface area (Å²) in [4.78, 5) is 12.7.